The van der Waals surface area contributed by atoms with Crippen molar-refractivity contribution in [1.82, 2.24) is 9.97 Å². The van der Waals surface area contributed by atoms with E-state index in [-0.39, 0.29) is 0 Å². The number of hydrogen-bond donors (Lipinski definition) is 1. The van der Waals surface area contributed by atoms with Crippen molar-refractivity contribution < 1.29 is 4.74 Å². The van der Waals surface area contributed by atoms with E-state index in [2.05, 4.69) is 38.1 Å². The molecule has 1 aromatic carbocycles. The fourth-order valence-corrected chi connectivity index (χ4v) is 2.37. The van der Waals surface area contributed by atoms with Crippen LogP contribution in [0.15, 0.2) is 34.8 Å². The van der Waals surface area contributed by atoms with Gasteiger partial charge in [-0.3, -0.25) is 0 Å². The molecule has 0 aliphatic heterocycles. The molecule has 1 N–H and O–H groups in total. The Balaban J connectivity index is 1.86. The minimum atomic E-state index is 0.495. The number of para-hydroxylation sites is 1. The van der Waals surface area contributed by atoms with Gasteiger partial charge in [-0.25, -0.2) is 4.98 Å². The number of nitrogens with one attached hydrogen (secondary N) is 1. The molecule has 0 unspecified atom stereocenters. The van der Waals surface area contributed by atoms with Crippen LogP contribution in [-0.2, 0) is 0 Å². The summed E-state index contributed by atoms with van der Waals surface area (Å²) in [5.41, 5.74) is 0. The summed E-state index contributed by atoms with van der Waals surface area (Å²) in [5, 5.41) is 3.32. The van der Waals surface area contributed by atoms with Crippen LogP contribution in [0.1, 0.15) is 37.9 Å². The van der Waals surface area contributed by atoms with E-state index in [9.17, 15) is 0 Å². The van der Waals surface area contributed by atoms with Crippen molar-refractivity contribution in [3.05, 3.63) is 40.6 Å². The second kappa shape index (κ2) is 6.43. The zero-order chi connectivity index (χ0) is 14.7. The van der Waals surface area contributed by atoms with Gasteiger partial charge >= 0.3 is 0 Å². The van der Waals surface area contributed by atoms with Gasteiger partial charge < -0.3 is 10.1 Å². The SMILES string of the molecule is CCCNc1cc(Oc2ccccc2Br)nc(C2CC2)n1. The molecule has 0 radical (unpaired) electrons. The van der Waals surface area contributed by atoms with E-state index in [0.29, 0.717) is 11.8 Å². The lowest BCUT2D eigenvalue weighted by molar-refractivity contribution is 0.456. The molecule has 1 aromatic heterocycles. The van der Waals surface area contributed by atoms with Crippen LogP contribution in [0.4, 0.5) is 5.82 Å². The Hall–Kier alpha value is -1.62. The third kappa shape index (κ3) is 3.73. The van der Waals surface area contributed by atoms with Crippen LogP contribution in [0.3, 0.4) is 0 Å². The molecule has 1 aliphatic rings. The van der Waals surface area contributed by atoms with Crippen LogP contribution in [0.2, 0.25) is 0 Å². The fourth-order valence-electron chi connectivity index (χ4n) is 2.00. The van der Waals surface area contributed by atoms with Gasteiger partial charge in [-0.1, -0.05) is 19.1 Å². The number of rotatable bonds is 6. The molecule has 2 aromatic rings. The molecule has 0 amide bonds. The first-order valence-electron chi connectivity index (χ1n) is 7.31. The van der Waals surface area contributed by atoms with E-state index in [1.165, 1.54) is 12.8 Å². The maximum absolute atomic E-state index is 5.91. The van der Waals surface area contributed by atoms with Crippen molar-refractivity contribution >= 4 is 21.7 Å². The number of anilines is 1. The lowest BCUT2D eigenvalue weighted by atomic mass is 10.3. The van der Waals surface area contributed by atoms with E-state index in [4.69, 9.17) is 4.74 Å². The lowest BCUT2D eigenvalue weighted by Gasteiger charge is -2.11. The quantitative estimate of drug-likeness (QED) is 0.820. The summed E-state index contributed by atoms with van der Waals surface area (Å²) >= 11 is 3.49. The van der Waals surface area contributed by atoms with Crippen molar-refractivity contribution in [1.29, 1.82) is 0 Å². The van der Waals surface area contributed by atoms with Gasteiger partial charge in [-0.15, -0.1) is 0 Å². The van der Waals surface area contributed by atoms with Crippen LogP contribution in [-0.4, -0.2) is 16.5 Å². The highest BCUT2D eigenvalue weighted by atomic mass is 79.9. The molecular formula is C16H18BrN3O. The number of aromatic nitrogens is 2. The van der Waals surface area contributed by atoms with Crippen molar-refractivity contribution in [2.75, 3.05) is 11.9 Å². The van der Waals surface area contributed by atoms with Gasteiger partial charge in [0, 0.05) is 18.5 Å². The van der Waals surface area contributed by atoms with Crippen molar-refractivity contribution in [2.45, 2.75) is 32.1 Å². The molecule has 4 nitrogen and oxygen atoms in total. The average molecular weight is 348 g/mol. The average Bonchev–Trinajstić information content (AvgIpc) is 3.32. The standard InChI is InChI=1S/C16H18BrN3O/c1-2-9-18-14-10-15(20-16(19-14)11-7-8-11)21-13-6-4-3-5-12(13)17/h3-6,10-11H,2,7-9H2,1H3,(H,18,19,20). The molecule has 1 heterocycles. The first-order valence-corrected chi connectivity index (χ1v) is 8.11. The molecule has 0 bridgehead atoms. The van der Waals surface area contributed by atoms with E-state index in [1.54, 1.807) is 0 Å². The zero-order valence-corrected chi connectivity index (χ0v) is 13.6. The van der Waals surface area contributed by atoms with Gasteiger partial charge in [-0.05, 0) is 47.3 Å². The Morgan fingerprint density at radius 3 is 2.81 bits per heavy atom. The highest BCUT2D eigenvalue weighted by molar-refractivity contribution is 9.10. The molecular weight excluding hydrogens is 330 g/mol. The van der Waals surface area contributed by atoms with E-state index in [1.807, 2.05) is 30.3 Å². The zero-order valence-electron chi connectivity index (χ0n) is 12.0. The molecule has 1 aliphatic carbocycles. The smallest absolute Gasteiger partial charge is 0.224 e. The summed E-state index contributed by atoms with van der Waals surface area (Å²) in [7, 11) is 0. The van der Waals surface area contributed by atoms with E-state index in [0.717, 1.165) is 34.8 Å². The Morgan fingerprint density at radius 2 is 2.10 bits per heavy atom. The van der Waals surface area contributed by atoms with Crippen molar-refractivity contribution in [3.8, 4) is 11.6 Å². The predicted octanol–water partition coefficient (Wildman–Crippen LogP) is 4.73. The summed E-state index contributed by atoms with van der Waals surface area (Å²) < 4.78 is 6.83. The third-order valence-corrected chi connectivity index (χ3v) is 3.92. The molecule has 1 fully saturated rings. The fraction of sp³-hybridized carbons (Fsp3) is 0.375. The minimum Gasteiger partial charge on any atom is -0.438 e. The maximum Gasteiger partial charge on any atom is 0.224 e. The molecule has 21 heavy (non-hydrogen) atoms. The van der Waals surface area contributed by atoms with Gasteiger partial charge in [-0.2, -0.15) is 4.98 Å². The third-order valence-electron chi connectivity index (χ3n) is 3.27. The van der Waals surface area contributed by atoms with Crippen molar-refractivity contribution in [3.63, 3.8) is 0 Å². The van der Waals surface area contributed by atoms with Gasteiger partial charge in [0.15, 0.2) is 0 Å². The first-order chi connectivity index (χ1) is 10.3. The Bertz CT molecular complexity index is 629. The van der Waals surface area contributed by atoms with Crippen LogP contribution in [0.25, 0.3) is 0 Å². The number of benzene rings is 1. The van der Waals surface area contributed by atoms with Crippen LogP contribution in [0.5, 0.6) is 11.6 Å². The Kier molecular flexibility index (Phi) is 4.39. The summed E-state index contributed by atoms with van der Waals surface area (Å²) in [4.78, 5) is 9.13. The van der Waals surface area contributed by atoms with E-state index >= 15 is 0 Å². The monoisotopic (exact) mass is 347 g/mol. The Morgan fingerprint density at radius 1 is 1.29 bits per heavy atom. The van der Waals surface area contributed by atoms with Gasteiger partial charge in [0.1, 0.15) is 17.4 Å². The van der Waals surface area contributed by atoms with Gasteiger partial charge in [0.25, 0.3) is 0 Å². The summed E-state index contributed by atoms with van der Waals surface area (Å²) in [5.74, 6) is 3.58. The molecule has 3 rings (SSSR count). The highest BCUT2D eigenvalue weighted by Gasteiger charge is 2.27. The number of ether oxygens (including phenoxy) is 1. The molecule has 0 spiro atoms. The second-order valence-corrected chi connectivity index (χ2v) is 6.04. The summed E-state index contributed by atoms with van der Waals surface area (Å²) in [6, 6.07) is 9.64. The summed E-state index contributed by atoms with van der Waals surface area (Å²) in [6.45, 7) is 3.03. The normalized spacial score (nSPS) is 14.0. The topological polar surface area (TPSA) is 47.0 Å². The van der Waals surface area contributed by atoms with Crippen LogP contribution in [0, 0.1) is 0 Å². The molecule has 110 valence electrons. The van der Waals surface area contributed by atoms with Crippen LogP contribution >= 0.6 is 15.9 Å². The minimum absolute atomic E-state index is 0.495. The number of nitrogens with zero attached hydrogens (tertiary/aromatic N) is 2. The molecule has 0 saturated heterocycles. The van der Waals surface area contributed by atoms with Crippen molar-refractivity contribution in [2.24, 2.45) is 0 Å². The number of hydrogen-bond acceptors (Lipinski definition) is 4. The summed E-state index contributed by atoms with van der Waals surface area (Å²) in [6.07, 6.45) is 3.40. The lowest BCUT2D eigenvalue weighted by Crippen LogP contribution is -2.05. The maximum atomic E-state index is 5.91. The van der Waals surface area contributed by atoms with Crippen LogP contribution < -0.4 is 10.1 Å². The first kappa shape index (κ1) is 14.3. The second-order valence-electron chi connectivity index (χ2n) is 5.18. The van der Waals surface area contributed by atoms with Gasteiger partial charge in [0.2, 0.25) is 5.88 Å². The van der Waals surface area contributed by atoms with E-state index < -0.39 is 0 Å². The van der Waals surface area contributed by atoms with Gasteiger partial charge in [0.05, 0.1) is 4.47 Å². The largest absolute Gasteiger partial charge is 0.438 e. The highest BCUT2D eigenvalue weighted by Crippen LogP contribution is 2.39. The molecule has 1 saturated carbocycles. The molecule has 0 atom stereocenters. The predicted molar refractivity (Wildman–Crippen MR) is 87.0 cm³/mol. The molecule has 5 heteroatoms. The Labute approximate surface area is 133 Å². The number of halogens is 1.